The minimum absolute atomic E-state index is 0.192. The van der Waals surface area contributed by atoms with Crippen LogP contribution in [0.3, 0.4) is 0 Å². The van der Waals surface area contributed by atoms with Crippen LogP contribution in [-0.2, 0) is 23.5 Å². The fourth-order valence-corrected chi connectivity index (χ4v) is 4.88. The number of benzene rings is 2. The Morgan fingerprint density at radius 1 is 1.00 bits per heavy atom. The number of nitrogens with zero attached hydrogens (tertiary/aromatic N) is 4. The highest BCUT2D eigenvalue weighted by molar-refractivity contribution is 7.90. The second-order valence-electron chi connectivity index (χ2n) is 8.34. The van der Waals surface area contributed by atoms with Gasteiger partial charge >= 0.3 is 6.03 Å². The van der Waals surface area contributed by atoms with Crippen molar-refractivity contribution in [3.63, 3.8) is 0 Å². The Morgan fingerprint density at radius 3 is 2.31 bits per heavy atom. The maximum Gasteiger partial charge on any atom is 0.328 e. The van der Waals surface area contributed by atoms with Crippen molar-refractivity contribution in [2.45, 2.75) is 32.2 Å². The molecule has 9 nitrogen and oxygen atoms in total. The summed E-state index contributed by atoms with van der Waals surface area (Å²) in [6.07, 6.45) is 1.90. The number of carbonyl (C=O) groups is 1. The summed E-state index contributed by atoms with van der Waals surface area (Å²) < 4.78 is 30.1. The van der Waals surface area contributed by atoms with Crippen molar-refractivity contribution >= 4 is 16.1 Å². The summed E-state index contributed by atoms with van der Waals surface area (Å²) in [6.45, 7) is 6.02. The summed E-state index contributed by atoms with van der Waals surface area (Å²) in [7, 11) is -2.34. The number of urea groups is 1. The maximum atomic E-state index is 12.3. The van der Waals surface area contributed by atoms with E-state index in [4.69, 9.17) is 5.10 Å². The third kappa shape index (κ3) is 5.27. The Bertz CT molecular complexity index is 1440. The van der Waals surface area contributed by atoms with Crippen LogP contribution in [0.1, 0.15) is 22.8 Å². The van der Waals surface area contributed by atoms with Crippen LogP contribution in [0.5, 0.6) is 0 Å². The molecule has 2 N–H and O–H groups in total. The number of aromatic nitrogens is 4. The molecular formula is C25H28N6O3S. The summed E-state index contributed by atoms with van der Waals surface area (Å²) in [4.78, 5) is 16.0. The topological polar surface area (TPSA) is 111 Å². The molecule has 0 aliphatic rings. The molecule has 2 aromatic heterocycles. The summed E-state index contributed by atoms with van der Waals surface area (Å²) in [5.74, 6) is 0.533. The number of imidazole rings is 1. The number of hydrogen-bond acceptors (Lipinski definition) is 5. The van der Waals surface area contributed by atoms with E-state index in [1.165, 1.54) is 6.20 Å². The molecule has 2 heterocycles. The van der Waals surface area contributed by atoms with Crippen LogP contribution in [0.2, 0.25) is 0 Å². The van der Waals surface area contributed by atoms with Crippen LogP contribution in [-0.4, -0.2) is 40.3 Å². The normalized spacial score (nSPS) is 11.4. The van der Waals surface area contributed by atoms with Gasteiger partial charge in [0.2, 0.25) is 0 Å². The van der Waals surface area contributed by atoms with Gasteiger partial charge in [-0.2, -0.15) is 13.5 Å². The highest BCUT2D eigenvalue weighted by Crippen LogP contribution is 2.28. The third-order valence-corrected chi connectivity index (χ3v) is 7.02. The number of amides is 2. The van der Waals surface area contributed by atoms with Crippen molar-refractivity contribution in [1.29, 1.82) is 0 Å². The summed E-state index contributed by atoms with van der Waals surface area (Å²) in [5, 5.41) is 7.12. The van der Waals surface area contributed by atoms with Crippen LogP contribution in [0, 0.1) is 20.8 Å². The van der Waals surface area contributed by atoms with E-state index in [9.17, 15) is 13.2 Å². The smallest absolute Gasteiger partial charge is 0.328 e. The zero-order chi connectivity index (χ0) is 25.2. The molecule has 0 aliphatic heterocycles. The number of rotatable bonds is 7. The van der Waals surface area contributed by atoms with E-state index < -0.39 is 16.1 Å². The first-order valence-corrected chi connectivity index (χ1v) is 12.7. The first kappa shape index (κ1) is 24.2. The van der Waals surface area contributed by atoms with Crippen LogP contribution in [0.4, 0.5) is 4.79 Å². The van der Waals surface area contributed by atoms with Gasteiger partial charge in [-0.1, -0.05) is 42.5 Å². The van der Waals surface area contributed by atoms with Crippen molar-refractivity contribution in [3.8, 4) is 16.8 Å². The van der Waals surface area contributed by atoms with Crippen LogP contribution in [0.15, 0.2) is 65.8 Å². The van der Waals surface area contributed by atoms with Gasteiger partial charge in [0.25, 0.3) is 10.0 Å². The first-order chi connectivity index (χ1) is 16.7. The van der Waals surface area contributed by atoms with Crippen LogP contribution < -0.4 is 10.0 Å². The van der Waals surface area contributed by atoms with Gasteiger partial charge in [-0.3, -0.25) is 0 Å². The second kappa shape index (κ2) is 9.75. The average Bonchev–Trinajstić information content (AvgIpc) is 3.32. The Kier molecular flexibility index (Phi) is 6.74. The molecule has 0 aliphatic carbocycles. The molecule has 0 atom stereocenters. The quantitative estimate of drug-likeness (QED) is 0.411. The van der Waals surface area contributed by atoms with Crippen molar-refractivity contribution in [2.75, 3.05) is 6.54 Å². The van der Waals surface area contributed by atoms with E-state index in [1.807, 2.05) is 58.8 Å². The van der Waals surface area contributed by atoms with Gasteiger partial charge in [0.15, 0.2) is 5.03 Å². The molecule has 0 saturated heterocycles. The molecule has 2 amide bonds. The molecule has 0 spiro atoms. The highest BCUT2D eigenvalue weighted by atomic mass is 32.2. The van der Waals surface area contributed by atoms with Crippen molar-refractivity contribution in [1.82, 2.24) is 29.4 Å². The zero-order valence-electron chi connectivity index (χ0n) is 20.1. The lowest BCUT2D eigenvalue weighted by molar-refractivity contribution is 0.246. The van der Waals surface area contributed by atoms with E-state index in [0.717, 1.165) is 33.8 Å². The fraction of sp³-hybridized carbons (Fsp3) is 0.240. The molecule has 0 fully saturated rings. The average molecular weight is 493 g/mol. The van der Waals surface area contributed by atoms with Crippen molar-refractivity contribution < 1.29 is 13.2 Å². The van der Waals surface area contributed by atoms with Crippen LogP contribution >= 0.6 is 0 Å². The van der Waals surface area contributed by atoms with Gasteiger partial charge in [0.05, 0.1) is 11.4 Å². The van der Waals surface area contributed by atoms with Crippen molar-refractivity contribution in [2.24, 2.45) is 7.05 Å². The molecule has 4 rings (SSSR count). The Morgan fingerprint density at radius 2 is 1.69 bits per heavy atom. The first-order valence-electron chi connectivity index (χ1n) is 11.2. The zero-order valence-corrected chi connectivity index (χ0v) is 20.9. The molecular weight excluding hydrogens is 464 g/mol. The van der Waals surface area contributed by atoms with Gasteiger partial charge in [0, 0.05) is 31.0 Å². The minimum atomic E-state index is -4.02. The lowest BCUT2D eigenvalue weighted by Crippen LogP contribution is -2.40. The number of hydrogen-bond donors (Lipinski definition) is 2. The molecule has 2 aromatic carbocycles. The van der Waals surface area contributed by atoms with Gasteiger partial charge in [-0.05, 0) is 50.5 Å². The summed E-state index contributed by atoms with van der Waals surface area (Å²) >= 11 is 0. The van der Waals surface area contributed by atoms with Gasteiger partial charge in [0.1, 0.15) is 5.82 Å². The Hall–Kier alpha value is -3.92. The Labute approximate surface area is 204 Å². The SMILES string of the molecule is Cc1nn(-c2ccc(CCNC(=O)NS(=O)(=O)c3cn(C)c(C)n3)cc2)c(C)c1-c1ccccc1. The number of aryl methyl sites for hydroxylation is 3. The summed E-state index contributed by atoms with van der Waals surface area (Å²) in [6, 6.07) is 17.3. The van der Waals surface area contributed by atoms with E-state index in [2.05, 4.69) is 29.4 Å². The second-order valence-corrected chi connectivity index (χ2v) is 9.97. The highest BCUT2D eigenvalue weighted by Gasteiger charge is 2.21. The van der Waals surface area contributed by atoms with Crippen LogP contribution in [0.25, 0.3) is 16.8 Å². The molecule has 0 saturated carbocycles. The van der Waals surface area contributed by atoms with Gasteiger partial charge in [-0.15, -0.1) is 0 Å². The van der Waals surface area contributed by atoms with E-state index in [0.29, 0.717) is 12.2 Å². The van der Waals surface area contributed by atoms with Gasteiger partial charge < -0.3 is 9.88 Å². The number of carbonyl (C=O) groups excluding carboxylic acids is 1. The molecule has 182 valence electrons. The minimum Gasteiger partial charge on any atom is -0.337 e. The largest absolute Gasteiger partial charge is 0.337 e. The molecule has 0 radical (unpaired) electrons. The predicted molar refractivity (Wildman–Crippen MR) is 134 cm³/mol. The lowest BCUT2D eigenvalue weighted by atomic mass is 10.0. The monoisotopic (exact) mass is 492 g/mol. The van der Waals surface area contributed by atoms with E-state index in [-0.39, 0.29) is 11.6 Å². The molecule has 4 aromatic rings. The molecule has 35 heavy (non-hydrogen) atoms. The van der Waals surface area contributed by atoms with E-state index >= 15 is 0 Å². The van der Waals surface area contributed by atoms with E-state index in [1.54, 1.807) is 18.5 Å². The Balaban J connectivity index is 1.36. The maximum absolute atomic E-state index is 12.3. The molecule has 0 bridgehead atoms. The number of nitrogens with one attached hydrogen (secondary N) is 2. The fourth-order valence-electron chi connectivity index (χ4n) is 3.91. The third-order valence-electron chi connectivity index (χ3n) is 5.82. The number of sulfonamides is 1. The van der Waals surface area contributed by atoms with Crippen molar-refractivity contribution in [3.05, 3.63) is 83.6 Å². The molecule has 0 unspecified atom stereocenters. The van der Waals surface area contributed by atoms with Gasteiger partial charge in [-0.25, -0.2) is 19.2 Å². The predicted octanol–water partition coefficient (Wildman–Crippen LogP) is 3.43. The molecule has 10 heteroatoms. The standard InChI is InChI=1S/C25H28N6O3S/c1-17-24(21-8-6-5-7-9-21)18(2)31(28-17)22-12-10-20(11-13-22)14-15-26-25(32)29-35(33,34)23-16-30(4)19(3)27-23/h5-13,16H,14-15H2,1-4H3,(H2,26,29,32). The summed E-state index contributed by atoms with van der Waals surface area (Å²) in [5.41, 5.74) is 6.23. The lowest BCUT2D eigenvalue weighted by Gasteiger charge is -2.09.